The van der Waals surface area contributed by atoms with Crippen LogP contribution in [-0.4, -0.2) is 25.5 Å². The van der Waals surface area contributed by atoms with Gasteiger partial charge in [0.05, 0.1) is 10.2 Å². The average molecular weight is 439 g/mol. The Morgan fingerprint density at radius 1 is 1.35 bits per heavy atom. The Balaban J connectivity index is 1.56. The number of hydrogen-bond acceptors (Lipinski definition) is 4. The number of amides is 1. The monoisotopic (exact) mass is 437 g/mol. The number of carbonyl (C=O) groups is 1. The van der Waals surface area contributed by atoms with Crippen molar-refractivity contribution >= 4 is 33.4 Å². The summed E-state index contributed by atoms with van der Waals surface area (Å²) >= 11 is 9.29. The number of benzene rings is 1. The fraction of sp³-hybridized carbons (Fsp3) is 0.235. The van der Waals surface area contributed by atoms with Crippen LogP contribution in [0.5, 0.6) is 5.75 Å². The zero-order chi connectivity index (χ0) is 18.7. The zero-order valence-electron chi connectivity index (χ0n) is 14.2. The Kier molecular flexibility index (Phi) is 5.63. The van der Waals surface area contributed by atoms with Gasteiger partial charge in [-0.15, -0.1) is 0 Å². The van der Waals surface area contributed by atoms with Gasteiger partial charge in [0.25, 0.3) is 5.91 Å². The molecule has 136 valence electrons. The predicted octanol–water partition coefficient (Wildman–Crippen LogP) is 3.31. The quantitative estimate of drug-likeness (QED) is 0.641. The van der Waals surface area contributed by atoms with Crippen molar-refractivity contribution < 1.29 is 9.53 Å². The second-order valence-corrected chi connectivity index (χ2v) is 6.98. The number of hydrogen-bond donors (Lipinski definition) is 1. The molecule has 1 amide bonds. The Bertz CT molecular complexity index is 937. The molecule has 7 nitrogen and oxygen atoms in total. The summed E-state index contributed by atoms with van der Waals surface area (Å²) in [6, 6.07) is 6.90. The number of aryl methyl sites for hydroxylation is 2. The molecule has 0 fully saturated rings. The molecule has 0 bridgehead atoms. The van der Waals surface area contributed by atoms with Gasteiger partial charge in [-0.1, -0.05) is 11.6 Å². The molecule has 0 aliphatic carbocycles. The third kappa shape index (κ3) is 4.44. The number of halogens is 2. The van der Waals surface area contributed by atoms with Crippen molar-refractivity contribution in [2.75, 3.05) is 0 Å². The largest absolute Gasteiger partial charge is 0.470 e. The maximum Gasteiger partial charge on any atom is 0.272 e. The third-order valence-corrected chi connectivity index (χ3v) is 4.53. The fourth-order valence-electron chi connectivity index (χ4n) is 2.37. The second kappa shape index (κ2) is 7.92. The van der Waals surface area contributed by atoms with Gasteiger partial charge in [-0.3, -0.25) is 9.48 Å². The van der Waals surface area contributed by atoms with E-state index in [1.54, 1.807) is 39.8 Å². The van der Waals surface area contributed by atoms with Crippen LogP contribution in [0.1, 0.15) is 21.7 Å². The molecule has 3 aromatic rings. The number of aromatic nitrogens is 4. The normalized spacial score (nSPS) is 10.8. The Morgan fingerprint density at radius 2 is 2.15 bits per heavy atom. The molecule has 3 rings (SSSR count). The minimum Gasteiger partial charge on any atom is -0.470 e. The summed E-state index contributed by atoms with van der Waals surface area (Å²) in [6.45, 7) is 2.48. The van der Waals surface area contributed by atoms with Crippen LogP contribution < -0.4 is 10.1 Å². The van der Waals surface area contributed by atoms with Crippen molar-refractivity contribution in [3.05, 3.63) is 63.1 Å². The first-order valence-electron chi connectivity index (χ1n) is 7.81. The molecule has 2 aromatic heterocycles. The number of rotatable bonds is 6. The maximum atomic E-state index is 12.2. The van der Waals surface area contributed by atoms with Gasteiger partial charge in [0.2, 0.25) is 0 Å². The van der Waals surface area contributed by atoms with E-state index in [1.165, 1.54) is 0 Å². The molecule has 0 saturated heterocycles. The Labute approximate surface area is 164 Å². The molecule has 0 atom stereocenters. The third-order valence-electron chi connectivity index (χ3n) is 3.67. The van der Waals surface area contributed by atoms with Gasteiger partial charge in [0.1, 0.15) is 11.4 Å². The molecule has 0 aliphatic heterocycles. The topological polar surface area (TPSA) is 74.0 Å². The molecule has 9 heteroatoms. The molecule has 1 aromatic carbocycles. The highest BCUT2D eigenvalue weighted by molar-refractivity contribution is 9.10. The number of carbonyl (C=O) groups excluding carboxylic acids is 1. The summed E-state index contributed by atoms with van der Waals surface area (Å²) in [4.78, 5) is 12.2. The molecule has 0 spiro atoms. The first-order valence-corrected chi connectivity index (χ1v) is 8.98. The lowest BCUT2D eigenvalue weighted by Gasteiger charge is -2.08. The van der Waals surface area contributed by atoms with Crippen molar-refractivity contribution in [1.82, 2.24) is 24.9 Å². The van der Waals surface area contributed by atoms with Crippen LogP contribution >= 0.6 is 27.5 Å². The van der Waals surface area contributed by atoms with Gasteiger partial charge in [0, 0.05) is 36.6 Å². The molecule has 26 heavy (non-hydrogen) atoms. The van der Waals surface area contributed by atoms with Crippen molar-refractivity contribution in [1.29, 1.82) is 0 Å². The smallest absolute Gasteiger partial charge is 0.272 e. The van der Waals surface area contributed by atoms with Gasteiger partial charge in [-0.25, -0.2) is 4.68 Å². The average Bonchev–Trinajstić information content (AvgIpc) is 3.18. The van der Waals surface area contributed by atoms with E-state index in [-0.39, 0.29) is 12.6 Å². The van der Waals surface area contributed by atoms with E-state index < -0.39 is 0 Å². The van der Waals surface area contributed by atoms with Crippen molar-refractivity contribution in [2.45, 2.75) is 20.2 Å². The van der Waals surface area contributed by atoms with E-state index in [9.17, 15) is 4.79 Å². The highest BCUT2D eigenvalue weighted by Gasteiger charge is 2.11. The van der Waals surface area contributed by atoms with Crippen LogP contribution in [0.15, 0.2) is 41.1 Å². The summed E-state index contributed by atoms with van der Waals surface area (Å²) < 4.78 is 9.69. The van der Waals surface area contributed by atoms with E-state index in [2.05, 4.69) is 31.4 Å². The summed E-state index contributed by atoms with van der Waals surface area (Å²) in [7, 11) is 1.85. The summed E-state index contributed by atoms with van der Waals surface area (Å²) in [5.74, 6) is 0.391. The molecule has 0 unspecified atom stereocenters. The van der Waals surface area contributed by atoms with E-state index in [0.29, 0.717) is 23.0 Å². The standard InChI is InChI=1S/C17H17BrClN5O2/c1-11-12(9-23(2)21-11)8-20-17(25)15-5-6-24(22-15)10-26-16-4-3-13(19)7-14(16)18/h3-7,9H,8,10H2,1-2H3,(H,20,25). The molecule has 0 saturated carbocycles. The number of nitrogens with zero attached hydrogens (tertiary/aromatic N) is 4. The van der Waals surface area contributed by atoms with Crippen LogP contribution in [0.4, 0.5) is 0 Å². The summed E-state index contributed by atoms with van der Waals surface area (Å²) in [6.07, 6.45) is 3.57. The summed E-state index contributed by atoms with van der Waals surface area (Å²) in [5.41, 5.74) is 2.18. The molecular weight excluding hydrogens is 422 g/mol. The van der Waals surface area contributed by atoms with Gasteiger partial charge in [0.15, 0.2) is 6.73 Å². The SMILES string of the molecule is Cc1nn(C)cc1CNC(=O)c1ccn(COc2ccc(Cl)cc2Br)n1. The Morgan fingerprint density at radius 3 is 2.85 bits per heavy atom. The lowest BCUT2D eigenvalue weighted by atomic mass is 10.2. The van der Waals surface area contributed by atoms with E-state index in [4.69, 9.17) is 16.3 Å². The van der Waals surface area contributed by atoms with Crippen LogP contribution in [0.25, 0.3) is 0 Å². The number of ether oxygens (including phenoxy) is 1. The van der Waals surface area contributed by atoms with Gasteiger partial charge < -0.3 is 10.1 Å². The molecular formula is C17H17BrClN5O2. The first-order chi connectivity index (χ1) is 12.4. The highest BCUT2D eigenvalue weighted by atomic mass is 79.9. The van der Waals surface area contributed by atoms with Crippen molar-refractivity contribution in [3.8, 4) is 5.75 Å². The molecule has 1 N–H and O–H groups in total. The first kappa shape index (κ1) is 18.5. The predicted molar refractivity (Wildman–Crippen MR) is 101 cm³/mol. The van der Waals surface area contributed by atoms with Gasteiger partial charge in [-0.05, 0) is 47.1 Å². The second-order valence-electron chi connectivity index (χ2n) is 5.68. The number of nitrogens with one attached hydrogen (secondary N) is 1. The van der Waals surface area contributed by atoms with E-state index >= 15 is 0 Å². The Hall–Kier alpha value is -2.32. The molecule has 2 heterocycles. The summed E-state index contributed by atoms with van der Waals surface area (Å²) in [5, 5.41) is 11.9. The zero-order valence-corrected chi connectivity index (χ0v) is 16.6. The van der Waals surface area contributed by atoms with Crippen molar-refractivity contribution in [2.24, 2.45) is 7.05 Å². The molecule has 0 radical (unpaired) electrons. The van der Waals surface area contributed by atoms with E-state index in [1.807, 2.05) is 20.2 Å². The minimum absolute atomic E-state index is 0.176. The van der Waals surface area contributed by atoms with Crippen LogP contribution in [0.2, 0.25) is 5.02 Å². The lowest BCUT2D eigenvalue weighted by Crippen LogP contribution is -2.23. The highest BCUT2D eigenvalue weighted by Crippen LogP contribution is 2.28. The fourth-order valence-corrected chi connectivity index (χ4v) is 3.17. The van der Waals surface area contributed by atoms with Crippen LogP contribution in [-0.2, 0) is 20.3 Å². The maximum absolute atomic E-state index is 12.2. The lowest BCUT2D eigenvalue weighted by molar-refractivity contribution is 0.0944. The molecule has 0 aliphatic rings. The van der Waals surface area contributed by atoms with Crippen LogP contribution in [0.3, 0.4) is 0 Å². The van der Waals surface area contributed by atoms with Crippen molar-refractivity contribution in [3.63, 3.8) is 0 Å². The minimum atomic E-state index is -0.250. The van der Waals surface area contributed by atoms with Gasteiger partial charge in [-0.2, -0.15) is 10.2 Å². The van der Waals surface area contributed by atoms with Crippen LogP contribution in [0, 0.1) is 6.92 Å². The van der Waals surface area contributed by atoms with Gasteiger partial charge >= 0.3 is 0 Å². The van der Waals surface area contributed by atoms with E-state index in [0.717, 1.165) is 15.7 Å².